The largest absolute Gasteiger partial charge is 1.00 e. The summed E-state index contributed by atoms with van der Waals surface area (Å²) >= 11 is 20.0. The van der Waals surface area contributed by atoms with Crippen LogP contribution in [0.2, 0.25) is 0 Å². The normalized spacial score (nSPS) is 11.5. The summed E-state index contributed by atoms with van der Waals surface area (Å²) in [5, 5.41) is 7.32. The number of nitrogens with two attached hydrogens (primary N) is 1. The molecule has 4 rings (SSSR count). The molecule has 0 radical (unpaired) electrons. The van der Waals surface area contributed by atoms with Gasteiger partial charge in [-0.1, -0.05) is 63.7 Å². The maximum Gasteiger partial charge on any atom is 1.00 e. The number of anilines is 2. The number of carbonyl (C=O) groups excluding carboxylic acids is 3. The number of amides is 2. The van der Waals surface area contributed by atoms with Gasteiger partial charge in [-0.15, -0.1) is 0 Å². The molecule has 1 aliphatic rings. The van der Waals surface area contributed by atoms with E-state index >= 15 is 0 Å². The van der Waals surface area contributed by atoms with E-state index in [-0.39, 0.29) is 48.2 Å². The molecule has 3 aromatic rings. The Kier molecular flexibility index (Phi) is 31.9. The molecule has 18 heteroatoms. The predicted octanol–water partition coefficient (Wildman–Crippen LogP) is 8.11. The van der Waals surface area contributed by atoms with Gasteiger partial charge in [0.1, 0.15) is 16.8 Å². The average molecular weight is 1250 g/mol. The molecule has 0 aromatic heterocycles. The van der Waals surface area contributed by atoms with Gasteiger partial charge in [0.05, 0.1) is 18.2 Å². The Hall–Kier alpha value is -0.923. The molecule has 3 aromatic carbocycles. The maximum absolute atomic E-state index is 12.5. The van der Waals surface area contributed by atoms with Crippen molar-refractivity contribution < 1.29 is 69.2 Å². The van der Waals surface area contributed by atoms with Gasteiger partial charge in [-0.25, -0.2) is 9.59 Å². The molecule has 2 N–H and O–H groups in total. The third-order valence-electron chi connectivity index (χ3n) is 5.85. The fourth-order valence-electron chi connectivity index (χ4n) is 3.78. The third-order valence-corrected chi connectivity index (χ3v) is 9.50. The van der Waals surface area contributed by atoms with Crippen molar-refractivity contribution in [2.45, 2.75) is 105 Å². The van der Waals surface area contributed by atoms with E-state index in [9.17, 15) is 14.4 Å². The number of hydrogen-bond donors (Lipinski definition) is 1. The van der Waals surface area contributed by atoms with E-state index < -0.39 is 29.0 Å². The van der Waals surface area contributed by atoms with Gasteiger partial charge in [-0.05, 0) is 167 Å². The van der Waals surface area contributed by atoms with Crippen molar-refractivity contribution in [3.05, 3.63) is 87.0 Å². The Labute approximate surface area is 417 Å². The van der Waals surface area contributed by atoms with E-state index in [1.807, 2.05) is 57.2 Å². The minimum Gasteiger partial charge on any atom is -1.00 e. The van der Waals surface area contributed by atoms with Crippen LogP contribution in [0.3, 0.4) is 0 Å². The van der Waals surface area contributed by atoms with Crippen molar-refractivity contribution in [2.24, 2.45) is 0 Å². The summed E-state index contributed by atoms with van der Waals surface area (Å²) in [4.78, 5) is 37.5. The van der Waals surface area contributed by atoms with Gasteiger partial charge < -0.3 is 41.7 Å². The predicted molar refractivity (Wildman–Crippen MR) is 246 cm³/mol. The van der Waals surface area contributed by atoms with E-state index in [0.717, 1.165) is 47.3 Å². The smallest absolute Gasteiger partial charge is 1.00 e. The van der Waals surface area contributed by atoms with Crippen LogP contribution in [-0.2, 0) is 30.2 Å². The molecule has 1 aliphatic heterocycles. The van der Waals surface area contributed by atoms with Crippen molar-refractivity contribution in [3.8, 4) is 6.07 Å². The number of carbonyl (C=O) groups is 3. The molecule has 0 bridgehead atoms. The molecule has 0 unspecified atom stereocenters. The summed E-state index contributed by atoms with van der Waals surface area (Å²) in [6.45, 7) is 19.4. The topological polar surface area (TPSA) is 141 Å². The van der Waals surface area contributed by atoms with Gasteiger partial charge >= 0.3 is 37.0 Å². The van der Waals surface area contributed by atoms with Gasteiger partial charge in [0, 0.05) is 52.7 Å². The van der Waals surface area contributed by atoms with Crippen molar-refractivity contribution in [3.63, 3.8) is 0 Å². The summed E-state index contributed by atoms with van der Waals surface area (Å²) in [5.74, 6) is -0.216. The number of ether oxygens (including phenoxy) is 4. The minimum absolute atomic E-state index is 0. The number of esters is 1. The first-order valence-corrected chi connectivity index (χ1v) is 21.9. The van der Waals surface area contributed by atoms with E-state index in [1.165, 1.54) is 19.8 Å². The molecule has 0 aliphatic carbocycles. The van der Waals surface area contributed by atoms with Gasteiger partial charge in [-0.2, -0.15) is 10.2 Å². The summed E-state index contributed by atoms with van der Waals surface area (Å²) < 4.78 is 26.0. The quantitative estimate of drug-likeness (QED) is 0.119. The average Bonchev–Trinajstić information content (AvgIpc) is 3.62. The number of benzene rings is 3. The first-order chi connectivity index (χ1) is 25.7. The summed E-state index contributed by atoms with van der Waals surface area (Å²) in [6, 6.07) is 18.3. The Bertz CT molecular complexity index is 1740. The van der Waals surface area contributed by atoms with Crippen LogP contribution < -0.4 is 46.5 Å². The second-order valence-corrected chi connectivity index (χ2v) is 19.9. The zero-order valence-electron chi connectivity index (χ0n) is 34.7. The molecule has 10 nitrogen and oxygen atoms in total. The summed E-state index contributed by atoms with van der Waals surface area (Å²) in [7, 11) is 0. The van der Waals surface area contributed by atoms with Crippen LogP contribution in [0.1, 0.15) is 87.6 Å². The van der Waals surface area contributed by atoms with Crippen LogP contribution >= 0.6 is 95.6 Å². The number of nitriles is 1. The Morgan fingerprint density at radius 1 is 0.690 bits per heavy atom. The first kappa shape index (κ1) is 61.4. The van der Waals surface area contributed by atoms with Crippen LogP contribution in [0.15, 0.2) is 81.4 Å². The fourth-order valence-corrected chi connectivity index (χ4v) is 5.97. The maximum atomic E-state index is 12.5. The van der Waals surface area contributed by atoms with Crippen molar-refractivity contribution in [1.29, 1.82) is 5.26 Å². The van der Waals surface area contributed by atoms with E-state index in [0.29, 0.717) is 14.6 Å². The molecular weight excluding hydrogens is 1200 g/mol. The molecule has 2 amide bonds. The van der Waals surface area contributed by atoms with E-state index in [2.05, 4.69) is 95.6 Å². The zero-order valence-corrected chi connectivity index (χ0v) is 45.8. The molecule has 0 atom stereocenters. The Morgan fingerprint density at radius 2 is 1.07 bits per heavy atom. The standard InChI is InChI=1S/C16H21Br2NO4.C12H14Br2O2.C6H5Br2N.C4H8O.C2H3N.BrH.Li/c1-15(2,3)22-13(20)19(14(21)23-16(4,5)6)12-9-10(17)7-8-11(12)18;1-12(2,3)16-11(15)7-8-6-9(13)4-5-10(8)14;7-4-1-2-5(8)6(9)3-4;1-2-4-5-3-1;1-2-3;;/h7-9H,1-6H3;4-6H,7H2,1-3H3;1-3H,9H2;1-4H2;1H3;1H;/q;;;;;;+1/p-1. The van der Waals surface area contributed by atoms with Crippen molar-refractivity contribution >= 4 is 125 Å². The number of hydrogen-bond acceptors (Lipinski definition) is 9. The first-order valence-electron chi connectivity index (χ1n) is 17.2. The van der Waals surface area contributed by atoms with Crippen molar-refractivity contribution in [2.75, 3.05) is 23.8 Å². The SMILES string of the molecule is C1CCOC1.CC#N.CC(C)(C)OC(=O)Cc1cc(Br)ccc1Br.CC(C)(C)OC(=O)N(C(=O)OC(C)(C)C)c1cc(Br)ccc1Br.Nc1cc(Br)ccc1Br.[Br-].[Li+]. The molecule has 1 saturated heterocycles. The Balaban J connectivity index is -0.000000744. The number of halogens is 7. The fraction of sp³-hybridized carbons (Fsp3) is 0.450. The number of rotatable bonds is 3. The molecule has 1 heterocycles. The molecule has 0 saturated carbocycles. The second kappa shape index (κ2) is 30.2. The van der Waals surface area contributed by atoms with Gasteiger partial charge in [0.2, 0.25) is 0 Å². The van der Waals surface area contributed by atoms with Gasteiger partial charge in [0.25, 0.3) is 0 Å². The zero-order chi connectivity index (χ0) is 43.4. The molecule has 58 heavy (non-hydrogen) atoms. The Morgan fingerprint density at radius 3 is 1.43 bits per heavy atom. The minimum atomic E-state index is -0.800. The second-order valence-electron chi connectivity index (χ2n) is 14.6. The third kappa shape index (κ3) is 29.4. The van der Waals surface area contributed by atoms with Gasteiger partial charge in [0.15, 0.2) is 0 Å². The van der Waals surface area contributed by atoms with Gasteiger partial charge in [-0.3, -0.25) is 4.79 Å². The molecular formula is C40H51Br7LiN3O7. The summed E-state index contributed by atoms with van der Waals surface area (Å²) in [6.07, 6.45) is 1.23. The number of nitrogens with zero attached hydrogens (tertiary/aromatic N) is 2. The van der Waals surface area contributed by atoms with Crippen LogP contribution in [0.4, 0.5) is 21.0 Å². The number of nitrogen functional groups attached to an aromatic ring is 1. The summed E-state index contributed by atoms with van der Waals surface area (Å²) in [5.41, 5.74) is 5.64. The van der Waals surface area contributed by atoms with E-state index in [4.69, 9.17) is 29.9 Å². The van der Waals surface area contributed by atoms with Crippen molar-refractivity contribution in [1.82, 2.24) is 0 Å². The number of imide groups is 1. The molecule has 318 valence electrons. The van der Waals surface area contributed by atoms with Crippen LogP contribution in [0, 0.1) is 11.3 Å². The van der Waals surface area contributed by atoms with Crippen LogP contribution in [0.5, 0.6) is 0 Å². The van der Waals surface area contributed by atoms with E-state index in [1.54, 1.807) is 65.8 Å². The monoisotopic (exact) mass is 1240 g/mol. The molecule has 0 spiro atoms. The molecule has 1 fully saturated rings. The van der Waals surface area contributed by atoms with Crippen LogP contribution in [0.25, 0.3) is 0 Å². The van der Waals surface area contributed by atoms with Crippen LogP contribution in [-0.4, -0.2) is 48.2 Å².